The summed E-state index contributed by atoms with van der Waals surface area (Å²) in [5, 5.41) is 0. The van der Waals surface area contributed by atoms with E-state index < -0.39 is 10.1 Å². The minimum absolute atomic E-state index is 0.0120. The predicted molar refractivity (Wildman–Crippen MR) is 46.5 cm³/mol. The summed E-state index contributed by atoms with van der Waals surface area (Å²) in [7, 11) is -3.37. The Labute approximate surface area is 72.1 Å². The van der Waals surface area contributed by atoms with Crippen LogP contribution in [0, 0.1) is 0 Å². The zero-order valence-corrected chi connectivity index (χ0v) is 7.54. The largest absolute Gasteiger partial charge is 0.382 e. The van der Waals surface area contributed by atoms with Crippen LogP contribution in [-0.4, -0.2) is 14.2 Å². The van der Waals surface area contributed by atoms with Crippen LogP contribution in [0.1, 0.15) is 6.92 Å². The van der Waals surface area contributed by atoms with Crippen molar-refractivity contribution in [2.45, 2.75) is 6.92 Å². The van der Waals surface area contributed by atoms with Crippen molar-refractivity contribution in [1.82, 2.24) is 0 Å². The summed E-state index contributed by atoms with van der Waals surface area (Å²) < 4.78 is 26.6. The van der Waals surface area contributed by atoms with Crippen molar-refractivity contribution in [3.63, 3.8) is 0 Å². The molecule has 0 radical (unpaired) electrons. The van der Waals surface area contributed by atoms with E-state index in [0.29, 0.717) is 5.75 Å². The number of rotatable bonds is 3. The maximum absolute atomic E-state index is 10.9. The number of hydrogen-bond acceptors (Lipinski definition) is 3. The molecule has 1 rings (SSSR count). The molecule has 66 valence electrons. The van der Waals surface area contributed by atoms with Gasteiger partial charge in [0.05, 0.1) is 5.75 Å². The van der Waals surface area contributed by atoms with Crippen LogP contribution in [0.25, 0.3) is 0 Å². The second-order valence-electron chi connectivity index (χ2n) is 2.24. The zero-order valence-electron chi connectivity index (χ0n) is 6.73. The van der Waals surface area contributed by atoms with Gasteiger partial charge in [-0.25, -0.2) is 0 Å². The fraction of sp³-hybridized carbons (Fsp3) is 0.250. The lowest BCUT2D eigenvalue weighted by atomic mass is 10.3. The van der Waals surface area contributed by atoms with Crippen LogP contribution in [0.4, 0.5) is 0 Å². The van der Waals surface area contributed by atoms with Gasteiger partial charge < -0.3 is 4.18 Å². The van der Waals surface area contributed by atoms with Crippen LogP contribution < -0.4 is 4.18 Å². The van der Waals surface area contributed by atoms with Gasteiger partial charge >= 0.3 is 10.1 Å². The average Bonchev–Trinajstić information content (AvgIpc) is 2.06. The second-order valence-corrected chi connectivity index (χ2v) is 4.10. The highest BCUT2D eigenvalue weighted by Gasteiger charge is 2.07. The minimum atomic E-state index is -3.37. The van der Waals surface area contributed by atoms with Gasteiger partial charge in [-0.05, 0) is 19.1 Å². The minimum Gasteiger partial charge on any atom is -0.382 e. The van der Waals surface area contributed by atoms with Gasteiger partial charge in [0.15, 0.2) is 0 Å². The molecular formula is C8H10O3S. The van der Waals surface area contributed by atoms with Gasteiger partial charge in [0.2, 0.25) is 0 Å². The van der Waals surface area contributed by atoms with Gasteiger partial charge in [-0.3, -0.25) is 0 Å². The van der Waals surface area contributed by atoms with E-state index in [2.05, 4.69) is 0 Å². The first-order valence-electron chi connectivity index (χ1n) is 3.61. The summed E-state index contributed by atoms with van der Waals surface area (Å²) in [6.07, 6.45) is 0. The Bertz CT molecular complexity index is 329. The molecule has 12 heavy (non-hydrogen) atoms. The second kappa shape index (κ2) is 3.58. The topological polar surface area (TPSA) is 43.4 Å². The van der Waals surface area contributed by atoms with Crippen molar-refractivity contribution in [1.29, 1.82) is 0 Å². The summed E-state index contributed by atoms with van der Waals surface area (Å²) in [6, 6.07) is 8.45. The quantitative estimate of drug-likeness (QED) is 0.670. The van der Waals surface area contributed by atoms with Gasteiger partial charge in [-0.2, -0.15) is 8.42 Å². The molecule has 0 aliphatic heterocycles. The normalized spacial score (nSPS) is 11.1. The van der Waals surface area contributed by atoms with Crippen LogP contribution in [0.2, 0.25) is 0 Å². The molecule has 0 aromatic heterocycles. The van der Waals surface area contributed by atoms with Crippen LogP contribution in [-0.2, 0) is 10.1 Å². The Balaban J connectivity index is 2.78. The first-order valence-corrected chi connectivity index (χ1v) is 5.19. The molecule has 1 aromatic rings. The maximum Gasteiger partial charge on any atom is 0.308 e. The smallest absolute Gasteiger partial charge is 0.308 e. The molecule has 1 aromatic carbocycles. The summed E-state index contributed by atoms with van der Waals surface area (Å²) >= 11 is 0. The third kappa shape index (κ3) is 2.54. The van der Waals surface area contributed by atoms with E-state index in [-0.39, 0.29) is 5.75 Å². The molecule has 0 aliphatic rings. The highest BCUT2D eigenvalue weighted by atomic mass is 32.2. The van der Waals surface area contributed by atoms with Gasteiger partial charge in [0, 0.05) is 0 Å². The van der Waals surface area contributed by atoms with E-state index in [4.69, 9.17) is 4.18 Å². The van der Waals surface area contributed by atoms with E-state index >= 15 is 0 Å². The highest BCUT2D eigenvalue weighted by Crippen LogP contribution is 2.11. The van der Waals surface area contributed by atoms with Gasteiger partial charge in [0.1, 0.15) is 5.75 Å². The van der Waals surface area contributed by atoms with E-state index in [9.17, 15) is 8.42 Å². The Morgan fingerprint density at radius 1 is 1.25 bits per heavy atom. The molecule has 4 heteroatoms. The summed E-state index contributed by atoms with van der Waals surface area (Å²) in [5.41, 5.74) is 0. The maximum atomic E-state index is 10.9. The molecule has 0 spiro atoms. The Morgan fingerprint density at radius 3 is 2.33 bits per heavy atom. The molecule has 0 bridgehead atoms. The molecule has 0 saturated carbocycles. The first-order chi connectivity index (χ1) is 5.64. The monoisotopic (exact) mass is 186 g/mol. The molecule has 0 saturated heterocycles. The van der Waals surface area contributed by atoms with Crippen molar-refractivity contribution >= 4 is 10.1 Å². The number of para-hydroxylation sites is 1. The van der Waals surface area contributed by atoms with Crippen molar-refractivity contribution < 1.29 is 12.6 Å². The summed E-state index contributed by atoms with van der Waals surface area (Å²) in [4.78, 5) is 0. The molecule has 0 N–H and O–H groups in total. The summed E-state index contributed by atoms with van der Waals surface area (Å²) in [5.74, 6) is 0.348. The molecule has 3 nitrogen and oxygen atoms in total. The molecule has 0 heterocycles. The van der Waals surface area contributed by atoms with Crippen LogP contribution >= 0.6 is 0 Å². The van der Waals surface area contributed by atoms with Gasteiger partial charge in [0.25, 0.3) is 0 Å². The van der Waals surface area contributed by atoms with E-state index in [0.717, 1.165) is 0 Å². The Morgan fingerprint density at radius 2 is 1.83 bits per heavy atom. The molecule has 0 atom stereocenters. The summed E-state index contributed by atoms with van der Waals surface area (Å²) in [6.45, 7) is 1.54. The third-order valence-electron chi connectivity index (χ3n) is 1.32. The van der Waals surface area contributed by atoms with Crippen molar-refractivity contribution in [3.8, 4) is 5.75 Å². The third-order valence-corrected chi connectivity index (χ3v) is 2.47. The fourth-order valence-electron chi connectivity index (χ4n) is 0.682. The number of benzene rings is 1. The lowest BCUT2D eigenvalue weighted by Gasteiger charge is -2.02. The highest BCUT2D eigenvalue weighted by molar-refractivity contribution is 7.87. The SMILES string of the molecule is CCS(=O)(=O)Oc1ccccc1. The van der Waals surface area contributed by atoms with E-state index in [1.54, 1.807) is 30.3 Å². The van der Waals surface area contributed by atoms with Gasteiger partial charge in [-0.1, -0.05) is 18.2 Å². The van der Waals surface area contributed by atoms with Gasteiger partial charge in [-0.15, -0.1) is 0 Å². The van der Waals surface area contributed by atoms with E-state index in [1.807, 2.05) is 0 Å². The predicted octanol–water partition coefficient (Wildman–Crippen LogP) is 1.42. The molecule has 0 aliphatic carbocycles. The van der Waals surface area contributed by atoms with Crippen molar-refractivity contribution in [2.75, 3.05) is 5.75 Å². The van der Waals surface area contributed by atoms with E-state index in [1.165, 1.54) is 6.92 Å². The van der Waals surface area contributed by atoms with Crippen molar-refractivity contribution in [3.05, 3.63) is 30.3 Å². The van der Waals surface area contributed by atoms with Crippen LogP contribution in [0.15, 0.2) is 30.3 Å². The van der Waals surface area contributed by atoms with Crippen LogP contribution in [0.5, 0.6) is 5.75 Å². The fourth-order valence-corrected chi connectivity index (χ4v) is 1.20. The lowest BCUT2D eigenvalue weighted by molar-refractivity contribution is 0.487. The average molecular weight is 186 g/mol. The molecule has 0 amide bonds. The molecular weight excluding hydrogens is 176 g/mol. The van der Waals surface area contributed by atoms with Crippen molar-refractivity contribution in [2.24, 2.45) is 0 Å². The first kappa shape index (κ1) is 9.06. The number of hydrogen-bond donors (Lipinski definition) is 0. The zero-order chi connectivity index (χ0) is 9.03. The lowest BCUT2D eigenvalue weighted by Crippen LogP contribution is -2.11. The standard InChI is InChI=1S/C8H10O3S/c1-2-12(9,10)11-8-6-4-3-5-7-8/h3-7H,2H2,1H3. The Hall–Kier alpha value is -1.03. The van der Waals surface area contributed by atoms with Crippen LogP contribution in [0.3, 0.4) is 0 Å². The Kier molecular flexibility index (Phi) is 2.70. The molecule has 0 fully saturated rings. The molecule has 0 unspecified atom stereocenters.